The topological polar surface area (TPSA) is 102 Å². The molecule has 37 heavy (non-hydrogen) atoms. The molecule has 1 aliphatic heterocycles. The molecule has 4 aliphatic carbocycles. The van der Waals surface area contributed by atoms with Crippen molar-refractivity contribution in [2.75, 3.05) is 6.54 Å². The van der Waals surface area contributed by atoms with E-state index in [0.717, 1.165) is 53.7 Å². The lowest BCUT2D eigenvalue weighted by Crippen LogP contribution is -2.59. The molecule has 4 saturated carbocycles. The molecule has 0 spiro atoms. The van der Waals surface area contributed by atoms with Crippen molar-refractivity contribution < 1.29 is 9.59 Å². The highest BCUT2D eigenvalue weighted by molar-refractivity contribution is 6.02. The summed E-state index contributed by atoms with van der Waals surface area (Å²) in [5.41, 5.74) is 9.26. The van der Waals surface area contributed by atoms with Crippen molar-refractivity contribution in [3.63, 3.8) is 0 Å². The van der Waals surface area contributed by atoms with Crippen LogP contribution < -0.4 is 16.4 Å². The molecule has 7 heteroatoms. The van der Waals surface area contributed by atoms with Crippen molar-refractivity contribution in [1.29, 1.82) is 0 Å². The lowest BCUT2D eigenvalue weighted by molar-refractivity contribution is -0.134. The van der Waals surface area contributed by atoms with Crippen LogP contribution in [0.4, 0.5) is 0 Å². The molecule has 200 valence electrons. The number of piperidine rings is 1. The van der Waals surface area contributed by atoms with Crippen molar-refractivity contribution in [3.05, 3.63) is 29.5 Å². The van der Waals surface area contributed by atoms with E-state index in [2.05, 4.69) is 28.8 Å². The smallest absolute Gasteiger partial charge is 0.235 e. The second kappa shape index (κ2) is 10.1. The molecular weight excluding hydrogens is 462 g/mol. The van der Waals surface area contributed by atoms with E-state index in [-0.39, 0.29) is 29.3 Å². The Labute approximate surface area is 220 Å². The van der Waals surface area contributed by atoms with Crippen LogP contribution >= 0.6 is 0 Å². The van der Waals surface area contributed by atoms with Crippen LogP contribution in [-0.2, 0) is 16.6 Å². The summed E-state index contributed by atoms with van der Waals surface area (Å²) in [7, 11) is 2.00. The number of aryl methyl sites for hydroxylation is 1. The lowest BCUT2D eigenvalue weighted by atomic mass is 9.53. The van der Waals surface area contributed by atoms with Crippen LogP contribution in [0.3, 0.4) is 0 Å². The van der Waals surface area contributed by atoms with Crippen LogP contribution in [0.15, 0.2) is 18.2 Å². The van der Waals surface area contributed by atoms with E-state index in [9.17, 15) is 9.59 Å². The van der Waals surface area contributed by atoms with Gasteiger partial charge >= 0.3 is 0 Å². The van der Waals surface area contributed by atoms with E-state index in [1.54, 1.807) is 0 Å². The first kappa shape index (κ1) is 25.1. The summed E-state index contributed by atoms with van der Waals surface area (Å²) < 4.78 is 1.98. The molecule has 1 aromatic carbocycles. The summed E-state index contributed by atoms with van der Waals surface area (Å²) in [5.74, 6) is 1.92. The van der Waals surface area contributed by atoms with Crippen molar-refractivity contribution in [1.82, 2.24) is 20.4 Å². The zero-order valence-electron chi connectivity index (χ0n) is 22.3. The summed E-state index contributed by atoms with van der Waals surface area (Å²) in [4.78, 5) is 24.5. The molecule has 4 N–H and O–H groups in total. The Kier molecular flexibility index (Phi) is 6.87. The largest absolute Gasteiger partial charge is 0.330 e. The summed E-state index contributed by atoms with van der Waals surface area (Å²) in [5, 5.41) is 12.8. The summed E-state index contributed by atoms with van der Waals surface area (Å²) >= 11 is 0. The molecule has 2 amide bonds. The Morgan fingerprint density at radius 1 is 1.08 bits per heavy atom. The molecule has 5 aliphatic rings. The first-order chi connectivity index (χ1) is 17.9. The van der Waals surface area contributed by atoms with E-state index in [1.165, 1.54) is 63.4 Å². The lowest BCUT2D eigenvalue weighted by Gasteiger charge is -2.58. The van der Waals surface area contributed by atoms with E-state index in [0.29, 0.717) is 12.8 Å². The zero-order chi connectivity index (χ0) is 25.6. The fourth-order valence-electron chi connectivity index (χ4n) is 8.70. The maximum absolute atomic E-state index is 12.7. The standard InChI is InChI=1S/C30H43N5O2/c1-35-28-22(7-6-8-23(28)27(34-35)24-10-11-26(36)32-29(24)37)25(9-4-2-3-5-12-31)33-30-16-19-13-20(17-30)15-21(14-19)18-30/h6-8,19-21,24-25,33H,2-5,9-18,31H2,1H3,(H,32,36,37). The zero-order valence-corrected chi connectivity index (χ0v) is 22.3. The van der Waals surface area contributed by atoms with Gasteiger partial charge in [0.05, 0.1) is 17.1 Å². The van der Waals surface area contributed by atoms with Gasteiger partial charge in [-0.15, -0.1) is 0 Å². The van der Waals surface area contributed by atoms with Gasteiger partial charge in [0.1, 0.15) is 0 Å². The van der Waals surface area contributed by atoms with Gasteiger partial charge in [-0.25, -0.2) is 0 Å². The van der Waals surface area contributed by atoms with Crippen molar-refractivity contribution in [3.8, 4) is 0 Å². The maximum Gasteiger partial charge on any atom is 0.235 e. The number of hydrogen-bond acceptors (Lipinski definition) is 5. The SMILES string of the molecule is Cn1nc(C2CCC(=O)NC2=O)c2cccc(C(CCCCCCN)NC34CC5CC(CC(C5)C3)C4)c21. The minimum absolute atomic E-state index is 0.184. The number of nitrogens with one attached hydrogen (secondary N) is 2. The van der Waals surface area contributed by atoms with Crippen LogP contribution in [0, 0.1) is 17.8 Å². The highest BCUT2D eigenvalue weighted by Crippen LogP contribution is 2.56. The van der Waals surface area contributed by atoms with Crippen LogP contribution in [0.2, 0.25) is 0 Å². The van der Waals surface area contributed by atoms with Gasteiger partial charge in [0, 0.05) is 30.4 Å². The average molecular weight is 506 g/mol. The molecule has 1 saturated heterocycles. The number of amides is 2. The summed E-state index contributed by atoms with van der Waals surface area (Å²) in [6.07, 6.45) is 15.0. The monoisotopic (exact) mass is 505 g/mol. The Balaban J connectivity index is 1.32. The third kappa shape index (κ3) is 4.85. The van der Waals surface area contributed by atoms with Gasteiger partial charge in [-0.3, -0.25) is 19.6 Å². The number of aromatic nitrogens is 2. The molecular formula is C30H43N5O2. The first-order valence-electron chi connectivity index (χ1n) is 14.7. The normalized spacial score (nSPS) is 31.7. The van der Waals surface area contributed by atoms with Crippen LogP contribution in [0.5, 0.6) is 0 Å². The van der Waals surface area contributed by atoms with Crippen molar-refractivity contribution in [2.24, 2.45) is 30.5 Å². The number of nitrogens with zero attached hydrogens (tertiary/aromatic N) is 2. The second-order valence-electron chi connectivity index (χ2n) is 12.6. The van der Waals surface area contributed by atoms with Gasteiger partial charge in [0.25, 0.3) is 0 Å². The molecule has 1 aromatic heterocycles. The van der Waals surface area contributed by atoms with Gasteiger partial charge in [-0.1, -0.05) is 37.5 Å². The third-order valence-electron chi connectivity index (χ3n) is 9.83. The molecule has 2 heterocycles. The van der Waals surface area contributed by atoms with E-state index in [1.807, 2.05) is 11.7 Å². The highest BCUT2D eigenvalue weighted by atomic mass is 16.2. The molecule has 4 bridgehead atoms. The van der Waals surface area contributed by atoms with E-state index < -0.39 is 0 Å². The predicted molar refractivity (Wildman–Crippen MR) is 145 cm³/mol. The fourth-order valence-corrected chi connectivity index (χ4v) is 8.70. The number of rotatable bonds is 10. The summed E-state index contributed by atoms with van der Waals surface area (Å²) in [6, 6.07) is 6.78. The van der Waals surface area contributed by atoms with Gasteiger partial charge in [-0.05, 0) is 87.6 Å². The molecule has 0 radical (unpaired) electrons. The van der Waals surface area contributed by atoms with E-state index >= 15 is 0 Å². The van der Waals surface area contributed by atoms with Gasteiger partial charge in [-0.2, -0.15) is 5.10 Å². The number of unbranched alkanes of at least 4 members (excludes halogenated alkanes) is 3. The molecule has 7 nitrogen and oxygen atoms in total. The molecule has 2 atom stereocenters. The molecule has 2 aromatic rings. The maximum atomic E-state index is 12.7. The summed E-state index contributed by atoms with van der Waals surface area (Å²) in [6.45, 7) is 0.770. The number of imide groups is 1. The predicted octanol–water partition coefficient (Wildman–Crippen LogP) is 4.60. The second-order valence-corrected chi connectivity index (χ2v) is 12.6. The van der Waals surface area contributed by atoms with Crippen molar-refractivity contribution >= 4 is 22.7 Å². The van der Waals surface area contributed by atoms with Crippen LogP contribution in [0.1, 0.15) is 107 Å². The number of carbonyl (C=O) groups is 2. The first-order valence-corrected chi connectivity index (χ1v) is 14.7. The molecule has 2 unspecified atom stereocenters. The number of hydrogen-bond donors (Lipinski definition) is 3. The van der Waals surface area contributed by atoms with Gasteiger partial charge in [0.15, 0.2) is 0 Å². The molecule has 7 rings (SSSR count). The van der Waals surface area contributed by atoms with Crippen LogP contribution in [-0.4, -0.2) is 33.7 Å². The fraction of sp³-hybridized carbons (Fsp3) is 0.700. The quantitative estimate of drug-likeness (QED) is 0.323. The Bertz CT molecular complexity index is 1130. The Morgan fingerprint density at radius 2 is 1.78 bits per heavy atom. The van der Waals surface area contributed by atoms with Gasteiger partial charge < -0.3 is 11.1 Å². The number of para-hydroxylation sites is 1. The third-order valence-corrected chi connectivity index (χ3v) is 9.83. The average Bonchev–Trinajstić information content (AvgIpc) is 3.18. The van der Waals surface area contributed by atoms with Gasteiger partial charge in [0.2, 0.25) is 11.8 Å². The number of benzene rings is 1. The van der Waals surface area contributed by atoms with Crippen molar-refractivity contribution in [2.45, 2.75) is 101 Å². The highest BCUT2D eigenvalue weighted by Gasteiger charge is 2.51. The number of fused-ring (bicyclic) bond motifs is 1. The Hall–Kier alpha value is -2.25. The van der Waals surface area contributed by atoms with Crippen LogP contribution in [0.25, 0.3) is 10.9 Å². The Morgan fingerprint density at radius 3 is 2.46 bits per heavy atom. The number of nitrogens with two attached hydrogens (primary N) is 1. The number of carbonyl (C=O) groups excluding carboxylic acids is 2. The van der Waals surface area contributed by atoms with E-state index in [4.69, 9.17) is 10.8 Å². The minimum atomic E-state index is -0.373. The molecule has 5 fully saturated rings. The minimum Gasteiger partial charge on any atom is -0.330 e.